The minimum atomic E-state index is -0.633. The molecule has 2 unspecified atom stereocenters. The average molecular weight is 346 g/mol. The summed E-state index contributed by atoms with van der Waals surface area (Å²) in [7, 11) is 0. The number of rotatable bonds is 9. The number of aliphatic hydroxyl groups excluding tert-OH is 1. The molecule has 0 radical (unpaired) electrons. The summed E-state index contributed by atoms with van der Waals surface area (Å²) in [4.78, 5) is 0. The van der Waals surface area contributed by atoms with Crippen molar-refractivity contribution in [3.8, 4) is 5.75 Å². The lowest BCUT2D eigenvalue weighted by Crippen LogP contribution is -2.24. The van der Waals surface area contributed by atoms with Crippen LogP contribution in [0.3, 0.4) is 0 Å². The molecule has 4 nitrogen and oxygen atoms in total. The maximum Gasteiger partial charge on any atom is 0.125 e. The second-order valence-electron chi connectivity index (χ2n) is 4.86. The van der Waals surface area contributed by atoms with Gasteiger partial charge in [0.15, 0.2) is 0 Å². The molecule has 0 saturated carbocycles. The molecule has 1 aromatic carbocycles. The largest absolute Gasteiger partial charge is 0.490 e. The van der Waals surface area contributed by atoms with Gasteiger partial charge in [-0.15, -0.1) is 0 Å². The van der Waals surface area contributed by atoms with Gasteiger partial charge in [-0.2, -0.15) is 0 Å². The Bertz CT molecular complexity index is 399. The molecule has 0 aliphatic heterocycles. The third-order valence-electron chi connectivity index (χ3n) is 2.85. The minimum Gasteiger partial charge on any atom is -0.490 e. The summed E-state index contributed by atoms with van der Waals surface area (Å²) in [5.41, 5.74) is 6.83. The van der Waals surface area contributed by atoms with E-state index >= 15 is 0 Å². The average Bonchev–Trinajstić information content (AvgIpc) is 2.41. The molecule has 1 aromatic rings. The third-order valence-corrected chi connectivity index (χ3v) is 3.34. The Hall–Kier alpha value is -0.620. The fourth-order valence-electron chi connectivity index (χ4n) is 1.71. The lowest BCUT2D eigenvalue weighted by atomic mass is 10.1. The van der Waals surface area contributed by atoms with Gasteiger partial charge in [0.2, 0.25) is 0 Å². The topological polar surface area (TPSA) is 64.7 Å². The Morgan fingerprint density at radius 2 is 2.10 bits per heavy atom. The summed E-state index contributed by atoms with van der Waals surface area (Å²) in [5.74, 6) is 0.696. The number of unbranched alkanes of at least 4 members (excludes halogenated alkanes) is 1. The van der Waals surface area contributed by atoms with Gasteiger partial charge < -0.3 is 20.3 Å². The van der Waals surface area contributed by atoms with E-state index in [2.05, 4.69) is 22.9 Å². The summed E-state index contributed by atoms with van der Waals surface area (Å²) >= 11 is 3.40. The summed E-state index contributed by atoms with van der Waals surface area (Å²) in [6.07, 6.45) is 1.46. The zero-order valence-corrected chi connectivity index (χ0v) is 13.7. The van der Waals surface area contributed by atoms with E-state index in [1.165, 1.54) is 0 Å². The quantitative estimate of drug-likeness (QED) is 0.675. The minimum absolute atomic E-state index is 0.115. The number of benzene rings is 1. The molecule has 3 N–H and O–H groups in total. The number of halogens is 1. The van der Waals surface area contributed by atoms with Gasteiger partial charge in [0.25, 0.3) is 0 Å². The molecule has 5 heteroatoms. The highest BCUT2D eigenvalue weighted by Crippen LogP contribution is 2.27. The van der Waals surface area contributed by atoms with Crippen LogP contribution in [0.1, 0.15) is 38.3 Å². The van der Waals surface area contributed by atoms with Crippen LogP contribution in [0.4, 0.5) is 0 Å². The summed E-state index contributed by atoms with van der Waals surface area (Å²) in [6.45, 7) is 5.17. The van der Waals surface area contributed by atoms with Crippen molar-refractivity contribution in [3.63, 3.8) is 0 Å². The van der Waals surface area contributed by atoms with Crippen molar-refractivity contribution in [2.24, 2.45) is 5.73 Å². The first-order valence-electron chi connectivity index (χ1n) is 6.98. The van der Waals surface area contributed by atoms with Crippen LogP contribution < -0.4 is 10.5 Å². The summed E-state index contributed by atoms with van der Waals surface area (Å²) in [5, 5.41) is 9.82. The Morgan fingerprint density at radius 1 is 1.35 bits per heavy atom. The lowest BCUT2D eigenvalue weighted by molar-refractivity contribution is 0.0111. The van der Waals surface area contributed by atoms with Gasteiger partial charge in [-0.05, 0) is 25.5 Å². The highest BCUT2D eigenvalue weighted by atomic mass is 79.9. The first kappa shape index (κ1) is 17.4. The van der Waals surface area contributed by atoms with Gasteiger partial charge in [-0.3, -0.25) is 0 Å². The van der Waals surface area contributed by atoms with E-state index in [0.717, 1.165) is 22.9 Å². The molecule has 0 aliphatic rings. The van der Waals surface area contributed by atoms with E-state index in [4.69, 9.17) is 15.2 Å². The van der Waals surface area contributed by atoms with E-state index in [1.807, 2.05) is 25.1 Å². The first-order valence-corrected chi connectivity index (χ1v) is 7.77. The molecule has 0 aromatic heterocycles. The predicted octanol–water partition coefficient (Wildman–Crippen LogP) is 3.03. The van der Waals surface area contributed by atoms with Gasteiger partial charge >= 0.3 is 0 Å². The van der Waals surface area contributed by atoms with E-state index < -0.39 is 6.10 Å². The molecule has 114 valence electrons. The van der Waals surface area contributed by atoms with Crippen molar-refractivity contribution in [1.29, 1.82) is 0 Å². The fraction of sp³-hybridized carbons (Fsp3) is 0.600. The van der Waals surface area contributed by atoms with E-state index in [9.17, 15) is 5.11 Å². The van der Waals surface area contributed by atoms with Crippen molar-refractivity contribution in [2.75, 3.05) is 19.8 Å². The monoisotopic (exact) mass is 345 g/mol. The van der Waals surface area contributed by atoms with Gasteiger partial charge in [0.05, 0.1) is 6.61 Å². The maximum atomic E-state index is 9.82. The zero-order valence-electron chi connectivity index (χ0n) is 12.1. The summed E-state index contributed by atoms with van der Waals surface area (Å²) < 4.78 is 11.9. The van der Waals surface area contributed by atoms with Crippen molar-refractivity contribution < 1.29 is 14.6 Å². The van der Waals surface area contributed by atoms with E-state index in [-0.39, 0.29) is 12.6 Å². The smallest absolute Gasteiger partial charge is 0.125 e. The van der Waals surface area contributed by atoms with Crippen LogP contribution in [0.2, 0.25) is 0 Å². The number of ether oxygens (including phenoxy) is 2. The number of hydrogen-bond donors (Lipinski definition) is 2. The molecular formula is C15H24BrNO3. The highest BCUT2D eigenvalue weighted by molar-refractivity contribution is 9.10. The van der Waals surface area contributed by atoms with Crippen molar-refractivity contribution in [1.82, 2.24) is 0 Å². The van der Waals surface area contributed by atoms with Gasteiger partial charge in [0.1, 0.15) is 18.5 Å². The molecule has 2 atom stereocenters. The molecule has 0 spiro atoms. The molecule has 20 heavy (non-hydrogen) atoms. The number of nitrogens with two attached hydrogens (primary N) is 1. The van der Waals surface area contributed by atoms with Crippen molar-refractivity contribution >= 4 is 15.9 Å². The van der Waals surface area contributed by atoms with Crippen LogP contribution in [-0.2, 0) is 4.74 Å². The number of hydrogen-bond acceptors (Lipinski definition) is 4. The molecule has 0 bridgehead atoms. The van der Waals surface area contributed by atoms with E-state index in [0.29, 0.717) is 19.0 Å². The zero-order chi connectivity index (χ0) is 15.0. The van der Waals surface area contributed by atoms with Crippen molar-refractivity contribution in [2.45, 2.75) is 38.8 Å². The van der Waals surface area contributed by atoms with Crippen LogP contribution >= 0.6 is 15.9 Å². The standard InChI is InChI=1S/C15H24BrNO3/c1-3-4-7-19-9-13(18)10-20-15-8-12(16)5-6-14(15)11(2)17/h5-6,8,11,13,18H,3-4,7,9-10,17H2,1-2H3. The Balaban J connectivity index is 2.46. The molecule has 0 fully saturated rings. The summed E-state index contributed by atoms with van der Waals surface area (Å²) in [6, 6.07) is 5.60. The Kier molecular flexibility index (Phi) is 8.14. The maximum absolute atomic E-state index is 9.82. The SMILES string of the molecule is CCCCOCC(O)COc1cc(Br)ccc1C(C)N. The predicted molar refractivity (Wildman–Crippen MR) is 84.0 cm³/mol. The number of aliphatic hydroxyl groups is 1. The fourth-order valence-corrected chi connectivity index (χ4v) is 2.05. The van der Waals surface area contributed by atoms with Gasteiger partial charge in [0, 0.05) is 22.7 Å². The molecule has 0 amide bonds. The van der Waals surface area contributed by atoms with Gasteiger partial charge in [-0.1, -0.05) is 35.3 Å². The Morgan fingerprint density at radius 3 is 2.75 bits per heavy atom. The molecule has 0 aliphatic carbocycles. The first-order chi connectivity index (χ1) is 9.54. The van der Waals surface area contributed by atoms with Crippen LogP contribution in [0.5, 0.6) is 5.75 Å². The normalized spacial score (nSPS) is 14.1. The molecular weight excluding hydrogens is 322 g/mol. The van der Waals surface area contributed by atoms with Gasteiger partial charge in [-0.25, -0.2) is 0 Å². The molecule has 0 saturated heterocycles. The third kappa shape index (κ3) is 6.22. The van der Waals surface area contributed by atoms with Crippen LogP contribution in [0.15, 0.2) is 22.7 Å². The Labute approximate surface area is 129 Å². The van der Waals surface area contributed by atoms with Crippen LogP contribution in [-0.4, -0.2) is 31.0 Å². The second-order valence-corrected chi connectivity index (χ2v) is 5.78. The molecule has 0 heterocycles. The van der Waals surface area contributed by atoms with Crippen molar-refractivity contribution in [3.05, 3.63) is 28.2 Å². The van der Waals surface area contributed by atoms with E-state index in [1.54, 1.807) is 0 Å². The van der Waals surface area contributed by atoms with Crippen LogP contribution in [0.25, 0.3) is 0 Å². The lowest BCUT2D eigenvalue weighted by Gasteiger charge is -2.17. The highest BCUT2D eigenvalue weighted by Gasteiger charge is 2.11. The molecule has 1 rings (SSSR count). The second kappa shape index (κ2) is 9.34. The van der Waals surface area contributed by atoms with Crippen LogP contribution in [0, 0.1) is 0 Å².